The Morgan fingerprint density at radius 2 is 2.14 bits per heavy atom. The van der Waals surface area contributed by atoms with Crippen molar-refractivity contribution >= 4 is 11.5 Å². The molecule has 2 aromatic rings. The highest BCUT2D eigenvalue weighted by Crippen LogP contribution is 2.32. The van der Waals surface area contributed by atoms with Crippen LogP contribution in [0.25, 0.3) is 5.57 Å². The first-order valence-corrected chi connectivity index (χ1v) is 12.6. The number of fused-ring (bicyclic) bond motifs is 1. The Labute approximate surface area is 207 Å². The minimum atomic E-state index is -0.320. The van der Waals surface area contributed by atoms with Gasteiger partial charge in [0.05, 0.1) is 12.6 Å². The van der Waals surface area contributed by atoms with Gasteiger partial charge in [0, 0.05) is 31.7 Å². The van der Waals surface area contributed by atoms with Crippen molar-refractivity contribution in [1.29, 1.82) is 0 Å². The van der Waals surface area contributed by atoms with E-state index >= 15 is 0 Å². The number of nitrogens with zero attached hydrogens (tertiary/aromatic N) is 3. The smallest absolute Gasteiger partial charge is 0.259 e. The lowest BCUT2D eigenvalue weighted by molar-refractivity contribution is 0.0325. The fraction of sp³-hybridized carbons (Fsp3) is 0.500. The molecule has 4 rings (SSSR count). The molecule has 1 aromatic carbocycles. The van der Waals surface area contributed by atoms with Crippen molar-refractivity contribution in [2.75, 3.05) is 26.7 Å². The van der Waals surface area contributed by atoms with E-state index in [1.165, 1.54) is 18.1 Å². The van der Waals surface area contributed by atoms with Gasteiger partial charge in [-0.15, -0.1) is 0 Å². The highest BCUT2D eigenvalue weighted by Gasteiger charge is 2.34. The number of allylic oxidation sites excluding steroid dienone is 2. The number of amides is 1. The fourth-order valence-corrected chi connectivity index (χ4v) is 4.91. The Kier molecular flexibility index (Phi) is 8.19. The van der Waals surface area contributed by atoms with Crippen LogP contribution in [-0.2, 0) is 6.54 Å². The van der Waals surface area contributed by atoms with Crippen LogP contribution in [0.2, 0.25) is 0 Å². The summed E-state index contributed by atoms with van der Waals surface area (Å²) in [5.41, 5.74) is 3.52. The molecule has 0 spiro atoms. The molecule has 188 valence electrons. The number of hydrogen-bond donors (Lipinski definition) is 1. The number of carbonyl (C=O) groups is 1. The van der Waals surface area contributed by atoms with Gasteiger partial charge in [-0.3, -0.25) is 9.69 Å². The number of halogens is 1. The molecule has 1 amide bonds. The first-order valence-electron chi connectivity index (χ1n) is 12.6. The van der Waals surface area contributed by atoms with Crippen molar-refractivity contribution in [2.45, 2.75) is 58.2 Å². The Hall–Kier alpha value is -2.77. The topological polar surface area (TPSA) is 65.9 Å². The van der Waals surface area contributed by atoms with Crippen LogP contribution in [-0.4, -0.2) is 64.7 Å². The molecular formula is C28H36FN3O3. The van der Waals surface area contributed by atoms with E-state index in [1.807, 2.05) is 32.3 Å². The maximum Gasteiger partial charge on any atom is 0.259 e. The van der Waals surface area contributed by atoms with Gasteiger partial charge in [0.25, 0.3) is 5.91 Å². The molecule has 2 heterocycles. The average Bonchev–Trinajstić information content (AvgIpc) is 2.86. The third kappa shape index (κ3) is 6.08. The number of ether oxygens (including phenoxy) is 1. The minimum absolute atomic E-state index is 0.00131. The third-order valence-electron chi connectivity index (χ3n) is 7.02. The van der Waals surface area contributed by atoms with Gasteiger partial charge in [-0.25, -0.2) is 9.37 Å². The van der Waals surface area contributed by atoms with Crippen LogP contribution in [0, 0.1) is 11.7 Å². The lowest BCUT2D eigenvalue weighted by atomic mass is 9.93. The minimum Gasteiger partial charge on any atom is -0.472 e. The zero-order valence-corrected chi connectivity index (χ0v) is 20.9. The number of rotatable bonds is 7. The molecule has 0 saturated carbocycles. The summed E-state index contributed by atoms with van der Waals surface area (Å²) in [5.74, 6) is -0.0778. The zero-order valence-electron chi connectivity index (χ0n) is 20.9. The Balaban J connectivity index is 1.62. The van der Waals surface area contributed by atoms with Crippen LogP contribution in [0.15, 0.2) is 42.6 Å². The van der Waals surface area contributed by atoms with Gasteiger partial charge in [-0.2, -0.15) is 0 Å². The molecule has 0 saturated heterocycles. The van der Waals surface area contributed by atoms with Crippen molar-refractivity contribution in [3.63, 3.8) is 0 Å². The van der Waals surface area contributed by atoms with E-state index in [0.29, 0.717) is 31.1 Å². The molecule has 1 aliphatic carbocycles. The predicted molar refractivity (Wildman–Crippen MR) is 135 cm³/mol. The van der Waals surface area contributed by atoms with Crippen molar-refractivity contribution in [1.82, 2.24) is 14.8 Å². The molecule has 2 aliphatic rings. The molecular weight excluding hydrogens is 445 g/mol. The monoisotopic (exact) mass is 481 g/mol. The standard InChI is InChI=1S/C28H36FN3O3/c1-19-15-32(20(2)18-33)28(34)25-13-23(22-9-5-4-6-10-22)14-30-27(25)35-26(19)17-31(3)16-21-8-7-11-24(29)12-21/h7-9,11-14,19-20,26,33H,4-6,10,15-18H2,1-3H3/t19-,20+,26+/m0/s1. The van der Waals surface area contributed by atoms with E-state index in [9.17, 15) is 14.3 Å². The van der Waals surface area contributed by atoms with Crippen LogP contribution in [0.4, 0.5) is 4.39 Å². The number of aliphatic hydroxyl groups is 1. The van der Waals surface area contributed by atoms with Gasteiger partial charge in [0.1, 0.15) is 17.5 Å². The van der Waals surface area contributed by atoms with Crippen LogP contribution < -0.4 is 4.74 Å². The summed E-state index contributed by atoms with van der Waals surface area (Å²) in [6.07, 6.45) is 8.16. The van der Waals surface area contributed by atoms with E-state index in [1.54, 1.807) is 17.0 Å². The van der Waals surface area contributed by atoms with Crippen LogP contribution in [0.5, 0.6) is 5.88 Å². The lowest BCUT2D eigenvalue weighted by Crippen LogP contribution is -2.49. The maximum absolute atomic E-state index is 13.6. The van der Waals surface area contributed by atoms with Gasteiger partial charge >= 0.3 is 0 Å². The first kappa shape index (κ1) is 25.3. The van der Waals surface area contributed by atoms with Crippen LogP contribution >= 0.6 is 0 Å². The highest BCUT2D eigenvalue weighted by atomic mass is 19.1. The number of hydrogen-bond acceptors (Lipinski definition) is 5. The van der Waals surface area contributed by atoms with Crippen LogP contribution in [0.3, 0.4) is 0 Å². The number of pyridine rings is 1. The molecule has 35 heavy (non-hydrogen) atoms. The molecule has 0 unspecified atom stereocenters. The molecule has 1 N–H and O–H groups in total. The first-order chi connectivity index (χ1) is 16.9. The molecule has 0 fully saturated rings. The van der Waals surface area contributed by atoms with Gasteiger partial charge < -0.3 is 14.7 Å². The quantitative estimate of drug-likeness (QED) is 0.630. The summed E-state index contributed by atoms with van der Waals surface area (Å²) in [6, 6.07) is 8.19. The summed E-state index contributed by atoms with van der Waals surface area (Å²) in [4.78, 5) is 22.1. The van der Waals surface area contributed by atoms with Crippen molar-refractivity contribution in [2.24, 2.45) is 5.92 Å². The van der Waals surface area contributed by atoms with Crippen molar-refractivity contribution in [3.05, 3.63) is 65.1 Å². The SMILES string of the molecule is C[C@H](CO)N1C[C@H](C)[C@@H](CN(C)Cc2cccc(F)c2)Oc2ncc(C3=CCCCC3)cc2C1=O. The Bertz CT molecular complexity index is 1070. The molecule has 1 aromatic heterocycles. The van der Waals surface area contributed by atoms with E-state index in [-0.39, 0.29) is 36.4 Å². The molecule has 7 heteroatoms. The normalized spacial score (nSPS) is 21.6. The predicted octanol–water partition coefficient (Wildman–Crippen LogP) is 4.53. The van der Waals surface area contributed by atoms with E-state index in [2.05, 4.69) is 22.9 Å². The van der Waals surface area contributed by atoms with Gasteiger partial charge in [0.15, 0.2) is 0 Å². The number of likely N-dealkylation sites (N-methyl/N-ethyl adjacent to an activating group) is 1. The number of benzene rings is 1. The second-order valence-electron chi connectivity index (χ2n) is 10.0. The summed E-state index contributed by atoms with van der Waals surface area (Å²) in [5, 5.41) is 9.87. The fourth-order valence-electron chi connectivity index (χ4n) is 4.91. The summed E-state index contributed by atoms with van der Waals surface area (Å²) in [7, 11) is 1.98. The summed E-state index contributed by atoms with van der Waals surface area (Å²) >= 11 is 0. The average molecular weight is 482 g/mol. The number of aliphatic hydroxyl groups excluding tert-OH is 1. The van der Waals surface area contributed by atoms with Crippen LogP contribution in [0.1, 0.15) is 61.0 Å². The second kappa shape index (κ2) is 11.3. The third-order valence-corrected chi connectivity index (χ3v) is 7.02. The Morgan fingerprint density at radius 3 is 2.86 bits per heavy atom. The second-order valence-corrected chi connectivity index (χ2v) is 10.0. The number of aromatic nitrogens is 1. The largest absolute Gasteiger partial charge is 0.472 e. The molecule has 1 aliphatic heterocycles. The molecule has 3 atom stereocenters. The molecule has 0 bridgehead atoms. The Morgan fingerprint density at radius 1 is 1.31 bits per heavy atom. The zero-order chi connectivity index (χ0) is 24.9. The number of carbonyl (C=O) groups excluding carboxylic acids is 1. The van der Waals surface area contributed by atoms with Gasteiger partial charge in [-0.1, -0.05) is 25.1 Å². The van der Waals surface area contributed by atoms with E-state index in [4.69, 9.17) is 4.74 Å². The highest BCUT2D eigenvalue weighted by molar-refractivity contribution is 5.97. The van der Waals surface area contributed by atoms with Crippen molar-refractivity contribution < 1.29 is 19.0 Å². The van der Waals surface area contributed by atoms with E-state index in [0.717, 1.165) is 30.4 Å². The lowest BCUT2D eigenvalue weighted by Gasteiger charge is -2.37. The van der Waals surface area contributed by atoms with Gasteiger partial charge in [-0.05, 0) is 74.6 Å². The summed E-state index contributed by atoms with van der Waals surface area (Å²) < 4.78 is 20.0. The summed E-state index contributed by atoms with van der Waals surface area (Å²) in [6.45, 7) is 5.42. The van der Waals surface area contributed by atoms with Gasteiger partial charge in [0.2, 0.25) is 5.88 Å². The molecule has 6 nitrogen and oxygen atoms in total. The van der Waals surface area contributed by atoms with E-state index < -0.39 is 0 Å². The van der Waals surface area contributed by atoms with Crippen molar-refractivity contribution in [3.8, 4) is 5.88 Å². The molecule has 0 radical (unpaired) electrons. The maximum atomic E-state index is 13.6.